The molecule has 0 fully saturated rings. The lowest BCUT2D eigenvalue weighted by Gasteiger charge is -2.08. The van der Waals surface area contributed by atoms with Gasteiger partial charge in [0.25, 0.3) is 5.91 Å². The van der Waals surface area contributed by atoms with E-state index in [1.54, 1.807) is 10.6 Å². The van der Waals surface area contributed by atoms with Gasteiger partial charge in [-0.15, -0.1) is 0 Å². The molecule has 3 rings (SSSR count). The third-order valence-electron chi connectivity index (χ3n) is 3.66. The van der Waals surface area contributed by atoms with Gasteiger partial charge in [-0.05, 0) is 13.0 Å². The number of nitrogens with zero attached hydrogens (tertiary/aromatic N) is 3. The van der Waals surface area contributed by atoms with Crippen LogP contribution >= 0.6 is 0 Å². The number of nitrogens with two attached hydrogens (primary N) is 1. The Bertz CT molecular complexity index is 858. The Morgan fingerprint density at radius 1 is 1.30 bits per heavy atom. The van der Waals surface area contributed by atoms with Crippen LogP contribution in [0.1, 0.15) is 16.2 Å². The van der Waals surface area contributed by atoms with E-state index in [1.807, 2.05) is 37.3 Å². The molecular weight excluding hydrogens is 294 g/mol. The van der Waals surface area contributed by atoms with Gasteiger partial charge in [0.1, 0.15) is 11.3 Å². The molecule has 23 heavy (non-hydrogen) atoms. The number of carbonyl (C=O) groups is 1. The van der Waals surface area contributed by atoms with Crippen molar-refractivity contribution in [3.8, 4) is 11.3 Å². The third-order valence-corrected chi connectivity index (χ3v) is 3.66. The molecule has 0 aliphatic carbocycles. The minimum absolute atomic E-state index is 0.0397. The topological polar surface area (TPSA) is 106 Å². The van der Waals surface area contributed by atoms with Crippen molar-refractivity contribution in [2.75, 3.05) is 6.61 Å². The van der Waals surface area contributed by atoms with Crippen molar-refractivity contribution >= 4 is 17.1 Å². The predicted molar refractivity (Wildman–Crippen MR) is 86.4 cm³/mol. The van der Waals surface area contributed by atoms with Crippen molar-refractivity contribution < 1.29 is 9.90 Å². The van der Waals surface area contributed by atoms with E-state index < -0.39 is 5.91 Å². The molecule has 0 aliphatic rings. The molecule has 2 aromatic heterocycles. The van der Waals surface area contributed by atoms with Crippen LogP contribution in [0.3, 0.4) is 0 Å². The highest BCUT2D eigenvalue weighted by atomic mass is 16.3. The number of rotatable bonds is 4. The molecule has 7 nitrogen and oxygen atoms in total. The minimum Gasteiger partial charge on any atom is -0.395 e. The van der Waals surface area contributed by atoms with Gasteiger partial charge in [-0.2, -0.15) is 0 Å². The van der Waals surface area contributed by atoms with Gasteiger partial charge in [0.2, 0.25) is 0 Å². The molecule has 0 saturated carbocycles. The fourth-order valence-electron chi connectivity index (χ4n) is 2.57. The first-order chi connectivity index (χ1) is 11.2. The average Bonchev–Trinajstić information content (AvgIpc) is 2.90. The predicted octanol–water partition coefficient (Wildman–Crippen LogP) is 1.00. The third kappa shape index (κ3) is 2.67. The zero-order valence-electron chi connectivity index (χ0n) is 12.7. The standard InChI is InChI=1S/C16H17N5O2/c1-10-18-14-12(16(23)20-17)9-13(11-5-3-2-4-6-11)19-15(14)21(10)7-8-22/h2-6,9,22H,7-8,17H2,1H3,(H,20,23). The van der Waals surface area contributed by atoms with E-state index in [1.165, 1.54) is 0 Å². The number of carbonyl (C=O) groups excluding carboxylic acids is 1. The first kappa shape index (κ1) is 15.1. The molecule has 0 atom stereocenters. The molecule has 0 aliphatic heterocycles. The summed E-state index contributed by atoms with van der Waals surface area (Å²) in [6, 6.07) is 11.2. The highest BCUT2D eigenvalue weighted by molar-refractivity contribution is 6.05. The lowest BCUT2D eigenvalue weighted by molar-refractivity contribution is 0.0955. The van der Waals surface area contributed by atoms with Gasteiger partial charge < -0.3 is 9.67 Å². The zero-order valence-corrected chi connectivity index (χ0v) is 12.7. The molecule has 3 aromatic rings. The van der Waals surface area contributed by atoms with E-state index in [-0.39, 0.29) is 6.61 Å². The summed E-state index contributed by atoms with van der Waals surface area (Å²) in [6.45, 7) is 2.13. The van der Waals surface area contributed by atoms with Crippen LogP contribution in [-0.4, -0.2) is 32.2 Å². The Kier molecular flexibility index (Phi) is 4.05. The summed E-state index contributed by atoms with van der Waals surface area (Å²) >= 11 is 0. The summed E-state index contributed by atoms with van der Waals surface area (Å²) in [6.07, 6.45) is 0. The van der Waals surface area contributed by atoms with E-state index in [9.17, 15) is 9.90 Å². The van der Waals surface area contributed by atoms with Gasteiger partial charge in [-0.3, -0.25) is 10.2 Å². The Morgan fingerprint density at radius 2 is 2.04 bits per heavy atom. The average molecular weight is 311 g/mol. The van der Waals surface area contributed by atoms with Crippen molar-refractivity contribution in [1.82, 2.24) is 20.0 Å². The highest BCUT2D eigenvalue weighted by Crippen LogP contribution is 2.25. The van der Waals surface area contributed by atoms with Crippen molar-refractivity contribution in [2.24, 2.45) is 5.84 Å². The maximum Gasteiger partial charge on any atom is 0.267 e. The molecule has 0 saturated heterocycles. The number of amides is 1. The summed E-state index contributed by atoms with van der Waals surface area (Å²) < 4.78 is 1.79. The molecule has 0 bridgehead atoms. The second kappa shape index (κ2) is 6.15. The molecular formula is C16H17N5O2. The van der Waals surface area contributed by atoms with E-state index in [0.29, 0.717) is 34.8 Å². The van der Waals surface area contributed by atoms with Gasteiger partial charge in [0.05, 0.1) is 17.9 Å². The van der Waals surface area contributed by atoms with Crippen LogP contribution in [0.25, 0.3) is 22.4 Å². The number of fused-ring (bicyclic) bond motifs is 1. The monoisotopic (exact) mass is 311 g/mol. The molecule has 7 heteroatoms. The summed E-state index contributed by atoms with van der Waals surface area (Å²) in [5.74, 6) is 5.54. The Balaban J connectivity index is 2.31. The number of hydrogen-bond donors (Lipinski definition) is 3. The van der Waals surface area contributed by atoms with Gasteiger partial charge >= 0.3 is 0 Å². The number of nitrogen functional groups attached to an aromatic ring is 1. The molecule has 4 N–H and O–H groups in total. The first-order valence-corrected chi connectivity index (χ1v) is 7.20. The van der Waals surface area contributed by atoms with Crippen LogP contribution < -0.4 is 11.3 Å². The number of hydrazine groups is 1. The largest absolute Gasteiger partial charge is 0.395 e. The highest BCUT2D eigenvalue weighted by Gasteiger charge is 2.19. The second-order valence-corrected chi connectivity index (χ2v) is 5.10. The maximum absolute atomic E-state index is 12.1. The zero-order chi connectivity index (χ0) is 16.4. The lowest BCUT2D eigenvalue weighted by Crippen LogP contribution is -2.30. The fourth-order valence-corrected chi connectivity index (χ4v) is 2.57. The molecule has 1 aromatic carbocycles. The van der Waals surface area contributed by atoms with Gasteiger partial charge in [-0.25, -0.2) is 15.8 Å². The van der Waals surface area contributed by atoms with Gasteiger partial charge in [-0.1, -0.05) is 30.3 Å². The molecule has 2 heterocycles. The molecule has 0 radical (unpaired) electrons. The van der Waals surface area contributed by atoms with Crippen LogP contribution in [0.4, 0.5) is 0 Å². The van der Waals surface area contributed by atoms with Crippen LogP contribution in [0.5, 0.6) is 0 Å². The van der Waals surface area contributed by atoms with Crippen molar-refractivity contribution in [3.63, 3.8) is 0 Å². The SMILES string of the molecule is Cc1nc2c(C(=O)NN)cc(-c3ccccc3)nc2n1CCO. The molecule has 0 unspecified atom stereocenters. The number of hydrogen-bond acceptors (Lipinski definition) is 5. The lowest BCUT2D eigenvalue weighted by atomic mass is 10.1. The quantitative estimate of drug-likeness (QED) is 0.379. The summed E-state index contributed by atoms with van der Waals surface area (Å²) in [5.41, 5.74) is 5.06. The van der Waals surface area contributed by atoms with Crippen molar-refractivity contribution in [2.45, 2.75) is 13.5 Å². The smallest absolute Gasteiger partial charge is 0.267 e. The van der Waals surface area contributed by atoms with E-state index >= 15 is 0 Å². The van der Waals surface area contributed by atoms with Crippen LogP contribution in [0.2, 0.25) is 0 Å². The molecule has 0 spiro atoms. The van der Waals surface area contributed by atoms with Crippen LogP contribution in [0.15, 0.2) is 36.4 Å². The number of aliphatic hydroxyl groups excluding tert-OH is 1. The van der Waals surface area contributed by atoms with E-state index in [2.05, 4.69) is 15.4 Å². The van der Waals surface area contributed by atoms with E-state index in [0.717, 1.165) is 5.56 Å². The summed E-state index contributed by atoms with van der Waals surface area (Å²) in [7, 11) is 0. The molecule has 1 amide bonds. The Labute approximate surface area is 132 Å². The summed E-state index contributed by atoms with van der Waals surface area (Å²) in [5, 5.41) is 9.26. The first-order valence-electron chi connectivity index (χ1n) is 7.20. The van der Waals surface area contributed by atoms with Crippen molar-refractivity contribution in [3.05, 3.63) is 47.8 Å². The van der Waals surface area contributed by atoms with Crippen LogP contribution in [-0.2, 0) is 6.54 Å². The van der Waals surface area contributed by atoms with E-state index in [4.69, 9.17) is 5.84 Å². The Hall–Kier alpha value is -2.77. The number of nitrogens with one attached hydrogen (secondary N) is 1. The Morgan fingerprint density at radius 3 is 2.70 bits per heavy atom. The number of pyridine rings is 1. The number of aryl methyl sites for hydroxylation is 1. The van der Waals surface area contributed by atoms with Gasteiger partial charge in [0.15, 0.2) is 5.65 Å². The summed E-state index contributed by atoms with van der Waals surface area (Å²) in [4.78, 5) is 21.2. The second-order valence-electron chi connectivity index (χ2n) is 5.10. The number of aliphatic hydroxyl groups is 1. The number of imidazole rings is 1. The number of aromatic nitrogens is 3. The molecule has 118 valence electrons. The maximum atomic E-state index is 12.1. The van der Waals surface area contributed by atoms with Crippen LogP contribution in [0, 0.1) is 6.92 Å². The number of benzene rings is 1. The minimum atomic E-state index is -0.428. The van der Waals surface area contributed by atoms with Gasteiger partial charge in [0, 0.05) is 12.1 Å². The van der Waals surface area contributed by atoms with Crippen molar-refractivity contribution in [1.29, 1.82) is 0 Å². The fraction of sp³-hybridized carbons (Fsp3) is 0.188. The normalized spacial score (nSPS) is 10.9.